The van der Waals surface area contributed by atoms with Crippen LogP contribution in [0.25, 0.3) is 0 Å². The Morgan fingerprint density at radius 1 is 1.50 bits per heavy atom. The van der Waals surface area contributed by atoms with E-state index in [1.165, 1.54) is 0 Å². The molecule has 0 amide bonds. The predicted molar refractivity (Wildman–Crippen MR) is 60.4 cm³/mol. The number of rotatable bonds is 4. The van der Waals surface area contributed by atoms with E-state index < -0.39 is 0 Å². The Bertz CT molecular complexity index is 301. The zero-order chi connectivity index (χ0) is 10.7. The summed E-state index contributed by atoms with van der Waals surface area (Å²) in [5.74, 6) is 1.56. The van der Waals surface area contributed by atoms with Crippen molar-refractivity contribution in [3.05, 3.63) is 5.69 Å². The van der Waals surface area contributed by atoms with Gasteiger partial charge in [-0.15, -0.1) is 0 Å². The van der Waals surface area contributed by atoms with E-state index >= 15 is 0 Å². The molecule has 0 bridgehead atoms. The second-order valence-electron chi connectivity index (χ2n) is 3.94. The Morgan fingerprint density at radius 3 is 2.64 bits per heavy atom. The van der Waals surface area contributed by atoms with Crippen molar-refractivity contribution in [2.75, 3.05) is 17.6 Å². The first-order chi connectivity index (χ1) is 6.56. The lowest BCUT2D eigenvalue weighted by molar-refractivity contribution is 0.640. The monoisotopic (exact) mass is 196 g/mol. The van der Waals surface area contributed by atoms with Crippen LogP contribution in [0.5, 0.6) is 0 Å². The van der Waals surface area contributed by atoms with E-state index in [-0.39, 0.29) is 0 Å². The van der Waals surface area contributed by atoms with Gasteiger partial charge in [-0.3, -0.25) is 0 Å². The highest BCUT2D eigenvalue weighted by atomic mass is 15.3. The Morgan fingerprint density at radius 2 is 2.14 bits per heavy atom. The molecule has 0 unspecified atom stereocenters. The minimum Gasteiger partial charge on any atom is -0.394 e. The molecule has 0 aromatic carbocycles. The number of nitrogens with zero attached hydrogens (tertiary/aromatic N) is 2. The summed E-state index contributed by atoms with van der Waals surface area (Å²) in [6, 6.07) is 0. The summed E-state index contributed by atoms with van der Waals surface area (Å²) in [5, 5.41) is 7.66. The van der Waals surface area contributed by atoms with Gasteiger partial charge in [-0.2, -0.15) is 5.10 Å². The summed E-state index contributed by atoms with van der Waals surface area (Å²) < 4.78 is 1.91. The van der Waals surface area contributed by atoms with Gasteiger partial charge in [0.2, 0.25) is 0 Å². The smallest absolute Gasteiger partial charge is 0.148 e. The highest BCUT2D eigenvalue weighted by Crippen LogP contribution is 2.22. The third-order valence-corrected chi connectivity index (χ3v) is 2.15. The summed E-state index contributed by atoms with van der Waals surface area (Å²) in [6.45, 7) is 10.1. The maximum Gasteiger partial charge on any atom is 0.148 e. The van der Waals surface area contributed by atoms with Crippen molar-refractivity contribution < 1.29 is 0 Å². The van der Waals surface area contributed by atoms with Gasteiger partial charge in [0.1, 0.15) is 5.82 Å². The molecule has 4 nitrogen and oxygen atoms in total. The number of nitrogens with two attached hydrogens (primary N) is 1. The Kier molecular flexibility index (Phi) is 3.38. The molecule has 0 aliphatic carbocycles. The summed E-state index contributed by atoms with van der Waals surface area (Å²) in [6.07, 6.45) is 0. The van der Waals surface area contributed by atoms with E-state index in [0.29, 0.717) is 5.92 Å². The SMILES string of the molecule is CCn1nc(C)c(N)c1NCC(C)C. The molecule has 0 spiro atoms. The lowest BCUT2D eigenvalue weighted by Crippen LogP contribution is -2.13. The van der Waals surface area contributed by atoms with Crippen molar-refractivity contribution in [1.82, 2.24) is 9.78 Å². The van der Waals surface area contributed by atoms with E-state index in [1.807, 2.05) is 11.6 Å². The molecule has 3 N–H and O–H groups in total. The third-order valence-electron chi connectivity index (χ3n) is 2.15. The van der Waals surface area contributed by atoms with E-state index in [1.54, 1.807) is 0 Å². The van der Waals surface area contributed by atoms with E-state index in [4.69, 9.17) is 5.73 Å². The minimum absolute atomic E-state index is 0.606. The molecule has 4 heteroatoms. The molecular weight excluding hydrogens is 176 g/mol. The summed E-state index contributed by atoms with van der Waals surface area (Å²) in [7, 11) is 0. The van der Waals surface area contributed by atoms with Gasteiger partial charge >= 0.3 is 0 Å². The molecular formula is C10H20N4. The van der Waals surface area contributed by atoms with Crippen LogP contribution >= 0.6 is 0 Å². The topological polar surface area (TPSA) is 55.9 Å². The Hall–Kier alpha value is -1.19. The molecule has 1 heterocycles. The van der Waals surface area contributed by atoms with Crippen molar-refractivity contribution in [1.29, 1.82) is 0 Å². The number of aryl methyl sites for hydroxylation is 2. The first kappa shape index (κ1) is 10.9. The number of anilines is 2. The normalized spacial score (nSPS) is 10.9. The molecule has 1 aromatic heterocycles. The fourth-order valence-corrected chi connectivity index (χ4v) is 1.31. The van der Waals surface area contributed by atoms with Gasteiger partial charge in [0, 0.05) is 13.1 Å². The summed E-state index contributed by atoms with van der Waals surface area (Å²) >= 11 is 0. The van der Waals surface area contributed by atoms with Gasteiger partial charge in [0.15, 0.2) is 0 Å². The van der Waals surface area contributed by atoms with Crippen LogP contribution in [0.1, 0.15) is 26.5 Å². The molecule has 0 saturated heterocycles. The fraction of sp³-hybridized carbons (Fsp3) is 0.700. The molecule has 0 aliphatic heterocycles. The lowest BCUT2D eigenvalue weighted by atomic mass is 10.2. The van der Waals surface area contributed by atoms with Crippen LogP contribution in [-0.4, -0.2) is 16.3 Å². The van der Waals surface area contributed by atoms with E-state index in [2.05, 4.69) is 31.2 Å². The number of nitrogens with one attached hydrogen (secondary N) is 1. The van der Waals surface area contributed by atoms with Gasteiger partial charge in [-0.1, -0.05) is 13.8 Å². The Balaban J connectivity index is 2.82. The van der Waals surface area contributed by atoms with Crippen LogP contribution in [0.3, 0.4) is 0 Å². The standard InChI is InChI=1S/C10H20N4/c1-5-14-10(12-6-7(2)3)9(11)8(4)13-14/h7,12H,5-6,11H2,1-4H3. The van der Waals surface area contributed by atoms with Gasteiger partial charge in [0.25, 0.3) is 0 Å². The summed E-state index contributed by atoms with van der Waals surface area (Å²) in [5.41, 5.74) is 7.59. The second-order valence-corrected chi connectivity index (χ2v) is 3.94. The van der Waals surface area contributed by atoms with Crippen LogP contribution in [0.15, 0.2) is 0 Å². The largest absolute Gasteiger partial charge is 0.394 e. The molecule has 80 valence electrons. The molecule has 1 aromatic rings. The van der Waals surface area contributed by atoms with Gasteiger partial charge in [-0.05, 0) is 19.8 Å². The first-order valence-corrected chi connectivity index (χ1v) is 5.13. The molecule has 1 rings (SSSR count). The van der Waals surface area contributed by atoms with Crippen LogP contribution < -0.4 is 11.1 Å². The van der Waals surface area contributed by atoms with E-state index in [9.17, 15) is 0 Å². The van der Waals surface area contributed by atoms with Crippen molar-refractivity contribution in [2.24, 2.45) is 5.92 Å². The predicted octanol–water partition coefficient (Wildman–Crippen LogP) is 1.86. The lowest BCUT2D eigenvalue weighted by Gasteiger charge is -2.10. The summed E-state index contributed by atoms with van der Waals surface area (Å²) in [4.78, 5) is 0. The van der Waals surface area contributed by atoms with Crippen LogP contribution in [-0.2, 0) is 6.54 Å². The maximum absolute atomic E-state index is 5.92. The zero-order valence-corrected chi connectivity index (χ0v) is 9.46. The number of hydrogen-bond donors (Lipinski definition) is 2. The average molecular weight is 196 g/mol. The highest BCUT2D eigenvalue weighted by molar-refractivity contribution is 5.64. The maximum atomic E-state index is 5.92. The van der Waals surface area contributed by atoms with Crippen molar-refractivity contribution in [3.8, 4) is 0 Å². The average Bonchev–Trinajstić information content (AvgIpc) is 2.40. The highest BCUT2D eigenvalue weighted by Gasteiger charge is 2.10. The first-order valence-electron chi connectivity index (χ1n) is 5.13. The quantitative estimate of drug-likeness (QED) is 0.773. The molecule has 0 saturated carbocycles. The third kappa shape index (κ3) is 2.19. The van der Waals surface area contributed by atoms with Gasteiger partial charge in [-0.25, -0.2) is 4.68 Å². The fourth-order valence-electron chi connectivity index (χ4n) is 1.31. The van der Waals surface area contributed by atoms with Crippen LogP contribution in [0.2, 0.25) is 0 Å². The second kappa shape index (κ2) is 4.35. The van der Waals surface area contributed by atoms with Crippen molar-refractivity contribution in [3.63, 3.8) is 0 Å². The molecule has 0 fully saturated rings. The molecule has 0 radical (unpaired) electrons. The van der Waals surface area contributed by atoms with Crippen molar-refractivity contribution >= 4 is 11.5 Å². The minimum atomic E-state index is 0.606. The molecule has 14 heavy (non-hydrogen) atoms. The number of nitrogen functional groups attached to an aromatic ring is 1. The van der Waals surface area contributed by atoms with E-state index in [0.717, 1.165) is 30.3 Å². The van der Waals surface area contributed by atoms with Crippen LogP contribution in [0, 0.1) is 12.8 Å². The Labute approximate surface area is 85.5 Å². The number of hydrogen-bond acceptors (Lipinski definition) is 3. The van der Waals surface area contributed by atoms with Gasteiger partial charge in [0.05, 0.1) is 11.4 Å². The molecule has 0 aliphatic rings. The molecule has 0 atom stereocenters. The van der Waals surface area contributed by atoms with Crippen LogP contribution in [0.4, 0.5) is 11.5 Å². The van der Waals surface area contributed by atoms with Crippen molar-refractivity contribution in [2.45, 2.75) is 34.2 Å². The van der Waals surface area contributed by atoms with Gasteiger partial charge < -0.3 is 11.1 Å². The number of aromatic nitrogens is 2. The zero-order valence-electron chi connectivity index (χ0n) is 9.46.